The van der Waals surface area contributed by atoms with Crippen LogP contribution in [-0.2, 0) is 0 Å². The summed E-state index contributed by atoms with van der Waals surface area (Å²) in [6, 6.07) is 0. The lowest BCUT2D eigenvalue weighted by Crippen LogP contribution is -2.40. The van der Waals surface area contributed by atoms with Gasteiger partial charge >= 0.3 is 0 Å². The first-order valence-corrected chi connectivity index (χ1v) is 8.67. The molecule has 0 radical (unpaired) electrons. The fourth-order valence-corrected chi connectivity index (χ4v) is 4.19. The van der Waals surface area contributed by atoms with Gasteiger partial charge in [0.25, 0.3) is 0 Å². The quantitative estimate of drug-likeness (QED) is 0.767. The Bertz CT molecular complexity index is 247. The number of rotatable bonds is 5. The van der Waals surface area contributed by atoms with Crippen LogP contribution in [0.2, 0.25) is 0 Å². The maximum Gasteiger partial charge on any atom is 0.157 e. The Hall–Kier alpha value is 0.170. The summed E-state index contributed by atoms with van der Waals surface area (Å²) in [7, 11) is 0. The second-order valence-corrected chi connectivity index (χ2v) is 6.74. The number of hydrogen-bond acceptors (Lipinski definition) is 3. The summed E-state index contributed by atoms with van der Waals surface area (Å²) in [5.41, 5.74) is 0.433. The SMILES string of the molecule is CSCCCCN=C1NC2(CCCC2)CS1. The van der Waals surface area contributed by atoms with E-state index in [2.05, 4.69) is 16.6 Å². The summed E-state index contributed by atoms with van der Waals surface area (Å²) in [6.07, 6.45) is 10.2. The minimum Gasteiger partial charge on any atom is -0.359 e. The molecule has 4 heteroatoms. The van der Waals surface area contributed by atoms with Crippen LogP contribution < -0.4 is 5.32 Å². The van der Waals surface area contributed by atoms with Gasteiger partial charge in [0, 0.05) is 17.8 Å². The maximum absolute atomic E-state index is 4.67. The number of unbranched alkanes of at least 4 members (excludes halogenated alkanes) is 1. The molecule has 1 N–H and O–H groups in total. The summed E-state index contributed by atoms with van der Waals surface area (Å²) in [4.78, 5) is 4.67. The van der Waals surface area contributed by atoms with E-state index < -0.39 is 0 Å². The topological polar surface area (TPSA) is 24.4 Å². The van der Waals surface area contributed by atoms with E-state index in [1.54, 1.807) is 0 Å². The number of nitrogens with one attached hydrogen (secondary N) is 1. The smallest absolute Gasteiger partial charge is 0.157 e. The number of aliphatic imine (C=N–C) groups is 1. The van der Waals surface area contributed by atoms with Crippen molar-refractivity contribution >= 4 is 28.7 Å². The van der Waals surface area contributed by atoms with Crippen molar-refractivity contribution < 1.29 is 0 Å². The van der Waals surface area contributed by atoms with Gasteiger partial charge in [0.05, 0.1) is 0 Å². The summed E-state index contributed by atoms with van der Waals surface area (Å²) in [5.74, 6) is 2.52. The van der Waals surface area contributed by atoms with Gasteiger partial charge in [-0.25, -0.2) is 0 Å². The monoisotopic (exact) mass is 258 g/mol. The van der Waals surface area contributed by atoms with E-state index in [1.807, 2.05) is 23.5 Å². The van der Waals surface area contributed by atoms with Crippen molar-refractivity contribution in [1.29, 1.82) is 0 Å². The predicted molar refractivity (Wildman–Crippen MR) is 76.7 cm³/mol. The molecular weight excluding hydrogens is 236 g/mol. The molecule has 92 valence electrons. The molecule has 1 saturated heterocycles. The van der Waals surface area contributed by atoms with Crippen LogP contribution in [0.1, 0.15) is 38.5 Å². The van der Waals surface area contributed by atoms with Gasteiger partial charge in [-0.15, -0.1) is 0 Å². The third-order valence-corrected chi connectivity index (χ3v) is 5.33. The zero-order valence-electron chi connectivity index (χ0n) is 10.1. The van der Waals surface area contributed by atoms with Crippen molar-refractivity contribution in [3.63, 3.8) is 0 Å². The Morgan fingerprint density at radius 3 is 2.94 bits per heavy atom. The molecule has 1 saturated carbocycles. The van der Waals surface area contributed by atoms with Gasteiger partial charge in [-0.05, 0) is 37.7 Å². The number of nitrogens with zero attached hydrogens (tertiary/aromatic N) is 1. The second-order valence-electron chi connectivity index (χ2n) is 4.79. The molecule has 0 unspecified atom stereocenters. The first kappa shape index (κ1) is 12.6. The van der Waals surface area contributed by atoms with Gasteiger partial charge in [-0.2, -0.15) is 11.8 Å². The van der Waals surface area contributed by atoms with Crippen LogP contribution in [0.5, 0.6) is 0 Å². The second kappa shape index (κ2) is 6.20. The predicted octanol–water partition coefficient (Wildman–Crippen LogP) is 3.13. The lowest BCUT2D eigenvalue weighted by Gasteiger charge is -2.21. The largest absolute Gasteiger partial charge is 0.359 e. The van der Waals surface area contributed by atoms with E-state index in [1.165, 1.54) is 55.2 Å². The first-order chi connectivity index (χ1) is 7.85. The molecule has 2 fully saturated rings. The summed E-state index contributed by atoms with van der Waals surface area (Å²) in [6.45, 7) is 1.01. The molecular formula is C12H22N2S2. The molecule has 0 bridgehead atoms. The van der Waals surface area contributed by atoms with Crippen molar-refractivity contribution in [3.05, 3.63) is 0 Å². The van der Waals surface area contributed by atoms with Crippen LogP contribution in [0, 0.1) is 0 Å². The molecule has 0 aromatic rings. The van der Waals surface area contributed by atoms with Gasteiger partial charge in [0.2, 0.25) is 0 Å². The van der Waals surface area contributed by atoms with Gasteiger partial charge in [0.1, 0.15) is 0 Å². The number of thioether (sulfide) groups is 2. The first-order valence-electron chi connectivity index (χ1n) is 6.29. The Kier molecular flexibility index (Phi) is 4.89. The number of amidine groups is 1. The molecule has 2 rings (SSSR count). The Morgan fingerprint density at radius 1 is 1.38 bits per heavy atom. The lowest BCUT2D eigenvalue weighted by molar-refractivity contribution is 0.452. The van der Waals surface area contributed by atoms with E-state index in [0.29, 0.717) is 5.54 Å². The highest BCUT2D eigenvalue weighted by Crippen LogP contribution is 2.37. The molecule has 16 heavy (non-hydrogen) atoms. The third-order valence-electron chi connectivity index (χ3n) is 3.43. The molecule has 0 amide bonds. The molecule has 1 aliphatic carbocycles. The fourth-order valence-electron chi connectivity index (χ4n) is 2.45. The van der Waals surface area contributed by atoms with Gasteiger partial charge in [-0.3, -0.25) is 4.99 Å². The average Bonchev–Trinajstić information content (AvgIpc) is 2.90. The molecule has 0 aromatic carbocycles. The molecule has 2 aliphatic rings. The Balaban J connectivity index is 1.69. The van der Waals surface area contributed by atoms with Crippen molar-refractivity contribution in [2.24, 2.45) is 4.99 Å². The zero-order chi connectivity index (χ0) is 11.3. The highest BCUT2D eigenvalue weighted by Gasteiger charge is 2.39. The molecule has 0 atom stereocenters. The minimum absolute atomic E-state index is 0.433. The van der Waals surface area contributed by atoms with E-state index in [9.17, 15) is 0 Å². The average molecular weight is 258 g/mol. The molecule has 1 spiro atoms. The molecule has 1 heterocycles. The van der Waals surface area contributed by atoms with Gasteiger partial charge < -0.3 is 5.32 Å². The third kappa shape index (κ3) is 3.33. The highest BCUT2D eigenvalue weighted by atomic mass is 32.2. The van der Waals surface area contributed by atoms with Crippen molar-refractivity contribution in [2.45, 2.75) is 44.1 Å². The summed E-state index contributed by atoms with van der Waals surface area (Å²) in [5, 5.41) is 4.88. The van der Waals surface area contributed by atoms with Crippen LogP contribution in [0.4, 0.5) is 0 Å². The molecule has 2 nitrogen and oxygen atoms in total. The Morgan fingerprint density at radius 2 is 2.19 bits per heavy atom. The van der Waals surface area contributed by atoms with Gasteiger partial charge in [0.15, 0.2) is 5.17 Å². The standard InChI is InChI=1S/C12H22N2S2/c1-15-9-5-4-8-13-11-14-12(10-16-11)6-2-3-7-12/h2-10H2,1H3,(H,13,14). The van der Waals surface area contributed by atoms with Crippen LogP contribution in [-0.4, -0.2) is 35.0 Å². The van der Waals surface area contributed by atoms with Crippen LogP contribution >= 0.6 is 23.5 Å². The number of hydrogen-bond donors (Lipinski definition) is 1. The van der Waals surface area contributed by atoms with Gasteiger partial charge in [-0.1, -0.05) is 24.6 Å². The lowest BCUT2D eigenvalue weighted by atomic mass is 10.0. The van der Waals surface area contributed by atoms with Crippen molar-refractivity contribution in [1.82, 2.24) is 5.32 Å². The summed E-state index contributed by atoms with van der Waals surface area (Å²) >= 11 is 3.87. The normalized spacial score (nSPS) is 25.4. The Labute approximate surface area is 107 Å². The van der Waals surface area contributed by atoms with E-state index in [4.69, 9.17) is 0 Å². The van der Waals surface area contributed by atoms with E-state index in [-0.39, 0.29) is 0 Å². The van der Waals surface area contributed by atoms with Crippen LogP contribution in [0.15, 0.2) is 4.99 Å². The maximum atomic E-state index is 4.67. The van der Waals surface area contributed by atoms with E-state index in [0.717, 1.165) is 6.54 Å². The van der Waals surface area contributed by atoms with Crippen molar-refractivity contribution in [3.8, 4) is 0 Å². The summed E-state index contributed by atoms with van der Waals surface area (Å²) < 4.78 is 0. The van der Waals surface area contributed by atoms with Crippen LogP contribution in [0.25, 0.3) is 0 Å². The van der Waals surface area contributed by atoms with Crippen molar-refractivity contribution in [2.75, 3.05) is 24.3 Å². The fraction of sp³-hybridized carbons (Fsp3) is 0.917. The minimum atomic E-state index is 0.433. The molecule has 1 aliphatic heterocycles. The van der Waals surface area contributed by atoms with Crippen LogP contribution in [0.3, 0.4) is 0 Å². The highest BCUT2D eigenvalue weighted by molar-refractivity contribution is 8.14. The van der Waals surface area contributed by atoms with E-state index >= 15 is 0 Å². The molecule has 0 aromatic heterocycles. The zero-order valence-corrected chi connectivity index (χ0v) is 11.8.